The topological polar surface area (TPSA) is 116 Å². The first-order valence-corrected chi connectivity index (χ1v) is 5.85. The molecule has 3 N–H and O–H groups in total. The number of amides is 4. The maximum Gasteiger partial charge on any atom is 0.322 e. The summed E-state index contributed by atoms with van der Waals surface area (Å²) in [6.45, 7) is 3.79. The Morgan fingerprint density at radius 3 is 2.26 bits per heavy atom. The normalized spacial score (nSPS) is 11.3. The third kappa shape index (κ3) is 7.02. The smallest absolute Gasteiger partial charge is 0.322 e. The number of likely N-dealkylation sites (N-methyl/N-ethyl adjacent to an activating group) is 1. The molecule has 0 aliphatic rings. The molecule has 8 heteroatoms. The lowest BCUT2D eigenvalue weighted by molar-refractivity contribution is -0.138. The molecule has 0 heterocycles. The van der Waals surface area contributed by atoms with Crippen LogP contribution in [0.15, 0.2) is 0 Å². The molecule has 0 aromatic rings. The second-order valence-electron chi connectivity index (χ2n) is 3.99. The highest BCUT2D eigenvalue weighted by Gasteiger charge is 2.19. The minimum atomic E-state index is -1.12. The van der Waals surface area contributed by atoms with Gasteiger partial charge in [0.05, 0.1) is 6.42 Å². The maximum atomic E-state index is 11.6. The molecule has 0 aliphatic heterocycles. The molecule has 4 amide bonds. The highest BCUT2D eigenvalue weighted by atomic mass is 16.4. The number of imide groups is 1. The van der Waals surface area contributed by atoms with E-state index in [0.29, 0.717) is 6.54 Å². The molecule has 1 atom stereocenters. The fourth-order valence-electron chi connectivity index (χ4n) is 1.19. The average Bonchev–Trinajstić information content (AvgIpc) is 2.34. The molecule has 8 nitrogen and oxygen atoms in total. The van der Waals surface area contributed by atoms with Crippen LogP contribution in [0.5, 0.6) is 0 Å². The van der Waals surface area contributed by atoms with Gasteiger partial charge in [-0.3, -0.25) is 19.7 Å². The van der Waals surface area contributed by atoms with E-state index in [1.165, 1.54) is 11.8 Å². The van der Waals surface area contributed by atoms with Crippen LogP contribution < -0.4 is 10.6 Å². The summed E-state index contributed by atoms with van der Waals surface area (Å²) in [5.41, 5.74) is 0. The molecule has 0 radical (unpaired) electrons. The molecule has 0 spiro atoms. The fourth-order valence-corrected chi connectivity index (χ4v) is 1.19. The first-order chi connectivity index (χ1) is 8.77. The number of hydrogen-bond donors (Lipinski definition) is 3. The predicted molar refractivity (Wildman–Crippen MR) is 66.3 cm³/mol. The zero-order valence-electron chi connectivity index (χ0n) is 11.2. The zero-order chi connectivity index (χ0) is 15.0. The molecule has 108 valence electrons. The Morgan fingerprint density at radius 2 is 1.79 bits per heavy atom. The Hall–Kier alpha value is -2.12. The van der Waals surface area contributed by atoms with Crippen LogP contribution in [0.4, 0.5) is 4.79 Å². The lowest BCUT2D eigenvalue weighted by Crippen LogP contribution is -2.50. The van der Waals surface area contributed by atoms with Crippen molar-refractivity contribution in [2.75, 3.05) is 13.6 Å². The van der Waals surface area contributed by atoms with Gasteiger partial charge in [-0.05, 0) is 13.8 Å². The van der Waals surface area contributed by atoms with Crippen molar-refractivity contribution >= 4 is 23.8 Å². The standard InChI is InChI=1S/C11H19N3O5/c1-4-14(3)10(18)7(2)12-11(19)13-8(15)5-6-9(16)17/h7H,4-6H2,1-3H3,(H,16,17)(H2,12,13,15,19). The van der Waals surface area contributed by atoms with Gasteiger partial charge in [0.15, 0.2) is 0 Å². The van der Waals surface area contributed by atoms with Crippen LogP contribution in [0.1, 0.15) is 26.7 Å². The summed E-state index contributed by atoms with van der Waals surface area (Å²) < 4.78 is 0. The predicted octanol–water partition coefficient (Wildman–Crippen LogP) is -0.456. The van der Waals surface area contributed by atoms with Crippen molar-refractivity contribution in [2.45, 2.75) is 32.7 Å². The summed E-state index contributed by atoms with van der Waals surface area (Å²) in [6, 6.07) is -1.59. The minimum Gasteiger partial charge on any atom is -0.481 e. The van der Waals surface area contributed by atoms with E-state index >= 15 is 0 Å². The lowest BCUT2D eigenvalue weighted by Gasteiger charge is -2.20. The third-order valence-corrected chi connectivity index (χ3v) is 2.39. The molecule has 0 aromatic heterocycles. The van der Waals surface area contributed by atoms with Crippen LogP contribution in [-0.2, 0) is 14.4 Å². The van der Waals surface area contributed by atoms with Crippen LogP contribution in [0, 0.1) is 0 Å². The van der Waals surface area contributed by atoms with Crippen molar-refractivity contribution in [1.29, 1.82) is 0 Å². The molecule has 19 heavy (non-hydrogen) atoms. The van der Waals surface area contributed by atoms with Crippen molar-refractivity contribution in [1.82, 2.24) is 15.5 Å². The minimum absolute atomic E-state index is 0.282. The summed E-state index contributed by atoms with van der Waals surface area (Å²) in [5, 5.41) is 12.6. The molecule has 0 fully saturated rings. The number of nitrogens with zero attached hydrogens (tertiary/aromatic N) is 1. The Bertz CT molecular complexity index is 369. The Labute approximate surface area is 111 Å². The summed E-state index contributed by atoms with van der Waals surface area (Å²) in [5.74, 6) is -2.11. The van der Waals surface area contributed by atoms with Crippen LogP contribution in [0.2, 0.25) is 0 Å². The first-order valence-electron chi connectivity index (χ1n) is 5.85. The molecule has 0 saturated carbocycles. The summed E-state index contributed by atoms with van der Waals surface area (Å²) in [7, 11) is 1.59. The molecule has 1 unspecified atom stereocenters. The SMILES string of the molecule is CCN(C)C(=O)C(C)NC(=O)NC(=O)CCC(=O)O. The van der Waals surface area contributed by atoms with Gasteiger partial charge >= 0.3 is 12.0 Å². The van der Waals surface area contributed by atoms with Crippen molar-refractivity contribution < 1.29 is 24.3 Å². The Balaban J connectivity index is 4.13. The molecular formula is C11H19N3O5. The number of carboxylic acid groups (broad SMARTS) is 1. The van der Waals surface area contributed by atoms with E-state index in [1.54, 1.807) is 14.0 Å². The van der Waals surface area contributed by atoms with E-state index in [2.05, 4.69) is 5.32 Å². The fraction of sp³-hybridized carbons (Fsp3) is 0.636. The van der Waals surface area contributed by atoms with Gasteiger partial charge < -0.3 is 15.3 Å². The van der Waals surface area contributed by atoms with E-state index in [0.717, 1.165) is 0 Å². The van der Waals surface area contributed by atoms with Gasteiger partial charge in [-0.2, -0.15) is 0 Å². The second-order valence-corrected chi connectivity index (χ2v) is 3.99. The summed E-state index contributed by atoms with van der Waals surface area (Å²) in [6.07, 6.45) is -0.647. The third-order valence-electron chi connectivity index (χ3n) is 2.39. The van der Waals surface area contributed by atoms with Gasteiger partial charge in [-0.15, -0.1) is 0 Å². The number of aliphatic carboxylic acids is 1. The molecular weight excluding hydrogens is 254 g/mol. The molecule has 0 saturated heterocycles. The molecule has 0 rings (SSSR count). The monoisotopic (exact) mass is 273 g/mol. The largest absolute Gasteiger partial charge is 0.481 e. The highest BCUT2D eigenvalue weighted by molar-refractivity contribution is 5.97. The Morgan fingerprint density at radius 1 is 1.21 bits per heavy atom. The lowest BCUT2D eigenvalue weighted by atomic mass is 10.3. The Kier molecular flexibility index (Phi) is 7.16. The van der Waals surface area contributed by atoms with Crippen LogP contribution >= 0.6 is 0 Å². The zero-order valence-corrected chi connectivity index (χ0v) is 11.2. The van der Waals surface area contributed by atoms with E-state index in [-0.39, 0.29) is 18.7 Å². The van der Waals surface area contributed by atoms with E-state index in [4.69, 9.17) is 5.11 Å². The van der Waals surface area contributed by atoms with E-state index in [9.17, 15) is 19.2 Å². The van der Waals surface area contributed by atoms with Crippen LogP contribution in [-0.4, -0.2) is 53.5 Å². The van der Waals surface area contributed by atoms with Crippen molar-refractivity contribution in [3.63, 3.8) is 0 Å². The maximum absolute atomic E-state index is 11.6. The molecule has 0 aromatic carbocycles. The molecule has 0 bridgehead atoms. The quantitative estimate of drug-likeness (QED) is 0.606. The second kappa shape index (κ2) is 8.06. The van der Waals surface area contributed by atoms with Crippen LogP contribution in [0.3, 0.4) is 0 Å². The van der Waals surface area contributed by atoms with Crippen molar-refractivity contribution in [3.05, 3.63) is 0 Å². The first kappa shape index (κ1) is 16.9. The number of nitrogens with one attached hydrogen (secondary N) is 2. The van der Waals surface area contributed by atoms with Gasteiger partial charge in [0.1, 0.15) is 6.04 Å². The molecule has 0 aliphatic carbocycles. The van der Waals surface area contributed by atoms with Crippen molar-refractivity contribution in [2.24, 2.45) is 0 Å². The van der Waals surface area contributed by atoms with E-state index < -0.39 is 23.9 Å². The highest BCUT2D eigenvalue weighted by Crippen LogP contribution is 1.92. The number of hydrogen-bond acceptors (Lipinski definition) is 4. The van der Waals surface area contributed by atoms with Crippen molar-refractivity contribution in [3.8, 4) is 0 Å². The number of carbonyl (C=O) groups is 4. The van der Waals surface area contributed by atoms with Gasteiger partial charge in [0, 0.05) is 20.0 Å². The van der Waals surface area contributed by atoms with Gasteiger partial charge in [0.2, 0.25) is 11.8 Å². The van der Waals surface area contributed by atoms with Gasteiger partial charge in [-0.25, -0.2) is 4.79 Å². The summed E-state index contributed by atoms with van der Waals surface area (Å²) in [4.78, 5) is 45.8. The number of rotatable bonds is 6. The number of urea groups is 1. The number of carboxylic acids is 1. The summed E-state index contributed by atoms with van der Waals surface area (Å²) >= 11 is 0. The van der Waals surface area contributed by atoms with Gasteiger partial charge in [0.25, 0.3) is 0 Å². The van der Waals surface area contributed by atoms with Crippen LogP contribution in [0.25, 0.3) is 0 Å². The van der Waals surface area contributed by atoms with Gasteiger partial charge in [-0.1, -0.05) is 0 Å². The average molecular weight is 273 g/mol. The van der Waals surface area contributed by atoms with E-state index in [1.807, 2.05) is 5.32 Å². The number of carbonyl (C=O) groups excluding carboxylic acids is 3.